The van der Waals surface area contributed by atoms with Crippen LogP contribution in [0.4, 0.5) is 0 Å². The van der Waals surface area contributed by atoms with Gasteiger partial charge in [0.2, 0.25) is 5.91 Å². The van der Waals surface area contributed by atoms with E-state index in [2.05, 4.69) is 25.2 Å². The molecule has 1 aliphatic rings. The number of carboxylic acids is 1. The Labute approximate surface area is 143 Å². The number of hydrogen-bond acceptors (Lipinski definition) is 2. The lowest BCUT2D eigenvalue weighted by Gasteiger charge is -2.22. The Morgan fingerprint density at radius 2 is 2.04 bits per heavy atom. The van der Waals surface area contributed by atoms with Gasteiger partial charge < -0.3 is 10.0 Å². The number of nitrogens with zero attached hydrogens (tertiary/aromatic N) is 1. The fourth-order valence-corrected chi connectivity index (χ4v) is 2.84. The second kappa shape index (κ2) is 9.06. The molecule has 128 valence electrons. The molecule has 2 rings (SSSR count). The molecule has 0 radical (unpaired) electrons. The Bertz CT molecular complexity index is 616. The van der Waals surface area contributed by atoms with Gasteiger partial charge in [0.1, 0.15) is 0 Å². The zero-order chi connectivity index (χ0) is 17.4. The van der Waals surface area contributed by atoms with Crippen molar-refractivity contribution in [1.29, 1.82) is 0 Å². The summed E-state index contributed by atoms with van der Waals surface area (Å²) in [6.07, 6.45) is 12.8. The van der Waals surface area contributed by atoms with Crippen LogP contribution in [0.15, 0.2) is 48.6 Å². The molecule has 1 amide bonds. The number of benzene rings is 1. The highest BCUT2D eigenvalue weighted by Crippen LogP contribution is 2.20. The topological polar surface area (TPSA) is 57.6 Å². The van der Waals surface area contributed by atoms with Crippen molar-refractivity contribution < 1.29 is 14.7 Å². The summed E-state index contributed by atoms with van der Waals surface area (Å²) in [6, 6.07) is 7.03. The van der Waals surface area contributed by atoms with Gasteiger partial charge in [-0.15, -0.1) is 0 Å². The van der Waals surface area contributed by atoms with Gasteiger partial charge in [0.25, 0.3) is 0 Å². The number of carboxylic acid groups (broad SMARTS) is 1. The third-order valence-electron chi connectivity index (χ3n) is 4.25. The molecule has 1 atom stereocenters. The average molecular weight is 327 g/mol. The number of unbranched alkanes of at least 4 members (excludes halogenated alkanes) is 1. The first kappa shape index (κ1) is 18.0. The summed E-state index contributed by atoms with van der Waals surface area (Å²) in [6.45, 7) is 2.81. The fraction of sp³-hybridized carbons (Fsp3) is 0.400. The average Bonchev–Trinajstić information content (AvgIpc) is 2.93. The van der Waals surface area contributed by atoms with Crippen molar-refractivity contribution in [2.75, 3.05) is 6.54 Å². The van der Waals surface area contributed by atoms with Crippen molar-refractivity contribution in [1.82, 2.24) is 4.90 Å². The number of aromatic carboxylic acids is 1. The number of carbonyl (C=O) groups is 2. The minimum absolute atomic E-state index is 0.169. The number of likely N-dealkylation sites (tertiary alicyclic amines) is 1. The largest absolute Gasteiger partial charge is 0.478 e. The molecule has 1 saturated heterocycles. The van der Waals surface area contributed by atoms with E-state index in [0.29, 0.717) is 13.0 Å². The second-order valence-corrected chi connectivity index (χ2v) is 6.05. The zero-order valence-electron chi connectivity index (χ0n) is 14.1. The summed E-state index contributed by atoms with van der Waals surface area (Å²) in [5, 5.41) is 8.92. The molecule has 1 N–H and O–H groups in total. The van der Waals surface area contributed by atoms with E-state index < -0.39 is 5.97 Å². The van der Waals surface area contributed by atoms with Gasteiger partial charge in [-0.25, -0.2) is 4.79 Å². The van der Waals surface area contributed by atoms with E-state index in [4.69, 9.17) is 5.11 Å². The van der Waals surface area contributed by atoms with Crippen LogP contribution >= 0.6 is 0 Å². The predicted octanol–water partition coefficient (Wildman–Crippen LogP) is 3.83. The molecule has 0 bridgehead atoms. The van der Waals surface area contributed by atoms with E-state index in [1.54, 1.807) is 12.1 Å². The standard InChI is InChI=1S/C20H25NO3/c1-2-3-4-5-6-7-18-12-13-19(22)21(18)15-14-16-8-10-17(11-9-16)20(23)24/h4-11,18H,2-3,12-15H2,1H3,(H,23,24)/b5-4-,7-6-/t18-/m0/s1. The molecule has 24 heavy (non-hydrogen) atoms. The summed E-state index contributed by atoms with van der Waals surface area (Å²) in [7, 11) is 0. The first-order valence-electron chi connectivity index (χ1n) is 8.57. The SMILES string of the molecule is CCC/C=C\C=C/[C@H]1CCC(=O)N1CCc1ccc(C(=O)O)cc1. The smallest absolute Gasteiger partial charge is 0.335 e. The number of rotatable bonds is 8. The Kier molecular flexibility index (Phi) is 6.79. The quantitative estimate of drug-likeness (QED) is 0.738. The predicted molar refractivity (Wildman–Crippen MR) is 95.0 cm³/mol. The van der Waals surface area contributed by atoms with Crippen LogP contribution in [-0.4, -0.2) is 34.5 Å². The van der Waals surface area contributed by atoms with E-state index in [0.717, 1.165) is 31.2 Å². The molecule has 1 aromatic rings. The van der Waals surface area contributed by atoms with Gasteiger partial charge in [0.05, 0.1) is 11.6 Å². The summed E-state index contributed by atoms with van der Waals surface area (Å²) in [5.74, 6) is -0.720. The van der Waals surface area contributed by atoms with E-state index in [9.17, 15) is 9.59 Å². The normalized spacial score (nSPS) is 18.1. The monoisotopic (exact) mass is 327 g/mol. The van der Waals surface area contributed by atoms with Crippen molar-refractivity contribution in [3.63, 3.8) is 0 Å². The number of hydrogen-bond donors (Lipinski definition) is 1. The van der Waals surface area contributed by atoms with Crippen molar-refractivity contribution in [3.8, 4) is 0 Å². The highest BCUT2D eigenvalue weighted by atomic mass is 16.4. The van der Waals surface area contributed by atoms with Gasteiger partial charge in [-0.3, -0.25) is 4.79 Å². The van der Waals surface area contributed by atoms with Gasteiger partial charge in [0, 0.05) is 13.0 Å². The summed E-state index contributed by atoms with van der Waals surface area (Å²) >= 11 is 0. The van der Waals surface area contributed by atoms with Crippen molar-refractivity contribution in [2.24, 2.45) is 0 Å². The second-order valence-electron chi connectivity index (χ2n) is 6.05. The maximum Gasteiger partial charge on any atom is 0.335 e. The molecule has 1 fully saturated rings. The molecule has 1 heterocycles. The first-order valence-corrected chi connectivity index (χ1v) is 8.57. The van der Waals surface area contributed by atoms with Crippen LogP contribution in [0.25, 0.3) is 0 Å². The van der Waals surface area contributed by atoms with Crippen LogP contribution in [0.1, 0.15) is 48.5 Å². The summed E-state index contributed by atoms with van der Waals surface area (Å²) in [4.78, 5) is 24.9. The molecular weight excluding hydrogens is 302 g/mol. The molecule has 0 spiro atoms. The molecule has 1 aromatic carbocycles. The molecule has 0 aromatic heterocycles. The van der Waals surface area contributed by atoms with Crippen LogP contribution in [-0.2, 0) is 11.2 Å². The van der Waals surface area contributed by atoms with E-state index >= 15 is 0 Å². The fourth-order valence-electron chi connectivity index (χ4n) is 2.84. The van der Waals surface area contributed by atoms with Gasteiger partial charge in [-0.1, -0.05) is 49.8 Å². The molecular formula is C20H25NO3. The number of amides is 1. The van der Waals surface area contributed by atoms with Crippen LogP contribution in [0, 0.1) is 0 Å². The highest BCUT2D eigenvalue weighted by molar-refractivity contribution is 5.87. The molecule has 0 saturated carbocycles. The maximum absolute atomic E-state index is 12.1. The van der Waals surface area contributed by atoms with Gasteiger partial charge in [0.15, 0.2) is 0 Å². The van der Waals surface area contributed by atoms with Crippen LogP contribution in [0.3, 0.4) is 0 Å². The van der Waals surface area contributed by atoms with Gasteiger partial charge >= 0.3 is 5.97 Å². The Balaban J connectivity index is 1.91. The Morgan fingerprint density at radius 1 is 1.29 bits per heavy atom. The number of allylic oxidation sites excluding steroid dienone is 3. The molecule has 0 aliphatic carbocycles. The van der Waals surface area contributed by atoms with E-state index in [1.807, 2.05) is 23.1 Å². The first-order chi connectivity index (χ1) is 11.6. The third kappa shape index (κ3) is 5.08. The van der Waals surface area contributed by atoms with Crippen molar-refractivity contribution in [3.05, 3.63) is 59.7 Å². The zero-order valence-corrected chi connectivity index (χ0v) is 14.1. The minimum Gasteiger partial charge on any atom is -0.478 e. The number of carbonyl (C=O) groups excluding carboxylic acids is 1. The third-order valence-corrected chi connectivity index (χ3v) is 4.25. The molecule has 0 unspecified atom stereocenters. The van der Waals surface area contributed by atoms with Crippen molar-refractivity contribution >= 4 is 11.9 Å². The van der Waals surface area contributed by atoms with Crippen LogP contribution in [0.5, 0.6) is 0 Å². The van der Waals surface area contributed by atoms with E-state index in [1.165, 1.54) is 0 Å². The van der Waals surface area contributed by atoms with Crippen molar-refractivity contribution in [2.45, 2.75) is 45.1 Å². The lowest BCUT2D eigenvalue weighted by molar-refractivity contribution is -0.128. The summed E-state index contributed by atoms with van der Waals surface area (Å²) < 4.78 is 0. The maximum atomic E-state index is 12.1. The van der Waals surface area contributed by atoms with E-state index in [-0.39, 0.29) is 17.5 Å². The van der Waals surface area contributed by atoms with Gasteiger partial charge in [-0.05, 0) is 37.0 Å². The lowest BCUT2D eigenvalue weighted by Crippen LogP contribution is -2.33. The Hall–Kier alpha value is -2.36. The molecule has 1 aliphatic heterocycles. The summed E-state index contributed by atoms with van der Waals surface area (Å²) in [5.41, 5.74) is 1.33. The van der Waals surface area contributed by atoms with Crippen LogP contribution < -0.4 is 0 Å². The highest BCUT2D eigenvalue weighted by Gasteiger charge is 2.28. The lowest BCUT2D eigenvalue weighted by atomic mass is 10.1. The van der Waals surface area contributed by atoms with Gasteiger partial charge in [-0.2, -0.15) is 0 Å². The van der Waals surface area contributed by atoms with Crippen LogP contribution in [0.2, 0.25) is 0 Å². The Morgan fingerprint density at radius 3 is 2.71 bits per heavy atom. The minimum atomic E-state index is -0.919. The molecule has 4 heteroatoms. The molecule has 4 nitrogen and oxygen atoms in total.